The standard InChI is InChI=1S/C19H18N2O3/c22-11-10-21(13-14-6-2-1-3-7-14)19(24)17-12-18(23)15-8-4-5-9-16(15)20-17/h1-9,12,22H,10-11,13H2,(H,20,23). The van der Waals surface area contributed by atoms with E-state index in [9.17, 15) is 14.7 Å². The fraction of sp³-hybridized carbons (Fsp3) is 0.158. The van der Waals surface area contributed by atoms with Crippen LogP contribution < -0.4 is 5.43 Å². The van der Waals surface area contributed by atoms with Crippen LogP contribution in [0.5, 0.6) is 0 Å². The average Bonchev–Trinajstić information content (AvgIpc) is 2.61. The highest BCUT2D eigenvalue weighted by Gasteiger charge is 2.17. The fourth-order valence-electron chi connectivity index (χ4n) is 2.66. The van der Waals surface area contributed by atoms with Crippen LogP contribution in [0.25, 0.3) is 10.9 Å². The van der Waals surface area contributed by atoms with Gasteiger partial charge in [0.05, 0.1) is 6.61 Å². The van der Waals surface area contributed by atoms with Crippen molar-refractivity contribution in [1.29, 1.82) is 0 Å². The quantitative estimate of drug-likeness (QED) is 0.756. The molecule has 0 saturated heterocycles. The second-order valence-electron chi connectivity index (χ2n) is 5.53. The van der Waals surface area contributed by atoms with Crippen LogP contribution in [-0.2, 0) is 6.54 Å². The van der Waals surface area contributed by atoms with Gasteiger partial charge in [0.2, 0.25) is 0 Å². The Balaban J connectivity index is 1.94. The first-order chi connectivity index (χ1) is 11.7. The predicted octanol–water partition coefficient (Wildman–Crippen LogP) is 2.16. The van der Waals surface area contributed by atoms with Gasteiger partial charge in [-0.1, -0.05) is 42.5 Å². The summed E-state index contributed by atoms with van der Waals surface area (Å²) < 4.78 is 0. The minimum Gasteiger partial charge on any atom is -0.395 e. The van der Waals surface area contributed by atoms with E-state index >= 15 is 0 Å². The normalized spacial score (nSPS) is 10.7. The number of nitrogens with zero attached hydrogens (tertiary/aromatic N) is 1. The summed E-state index contributed by atoms with van der Waals surface area (Å²) in [7, 11) is 0. The zero-order chi connectivity index (χ0) is 16.9. The summed E-state index contributed by atoms with van der Waals surface area (Å²) in [6, 6.07) is 17.9. The van der Waals surface area contributed by atoms with Crippen molar-refractivity contribution in [3.63, 3.8) is 0 Å². The summed E-state index contributed by atoms with van der Waals surface area (Å²) in [5.41, 5.74) is 1.61. The molecule has 0 aliphatic rings. The monoisotopic (exact) mass is 322 g/mol. The number of H-pyrrole nitrogens is 1. The molecule has 3 rings (SSSR count). The zero-order valence-electron chi connectivity index (χ0n) is 13.1. The molecule has 0 fully saturated rings. The molecule has 0 radical (unpaired) electrons. The number of para-hydroxylation sites is 1. The molecule has 0 aliphatic carbocycles. The van der Waals surface area contributed by atoms with Gasteiger partial charge in [-0.15, -0.1) is 0 Å². The number of pyridine rings is 1. The van der Waals surface area contributed by atoms with Crippen LogP contribution in [0.1, 0.15) is 16.1 Å². The predicted molar refractivity (Wildman–Crippen MR) is 92.8 cm³/mol. The molecule has 2 aromatic carbocycles. The Bertz CT molecular complexity index is 903. The molecule has 1 amide bonds. The van der Waals surface area contributed by atoms with E-state index in [2.05, 4.69) is 4.98 Å². The van der Waals surface area contributed by atoms with Crippen LogP contribution in [0.15, 0.2) is 65.5 Å². The van der Waals surface area contributed by atoms with Crippen LogP contribution >= 0.6 is 0 Å². The number of aromatic nitrogens is 1. The maximum absolute atomic E-state index is 12.8. The lowest BCUT2D eigenvalue weighted by atomic mass is 10.1. The van der Waals surface area contributed by atoms with Crippen LogP contribution in [0.2, 0.25) is 0 Å². The van der Waals surface area contributed by atoms with Crippen LogP contribution in [0, 0.1) is 0 Å². The summed E-state index contributed by atoms with van der Waals surface area (Å²) in [4.78, 5) is 29.5. The molecule has 5 nitrogen and oxygen atoms in total. The Labute approximate surface area is 139 Å². The summed E-state index contributed by atoms with van der Waals surface area (Å²) in [6.45, 7) is 0.425. The van der Waals surface area contributed by atoms with Crippen molar-refractivity contribution in [1.82, 2.24) is 9.88 Å². The Morgan fingerprint density at radius 1 is 1.04 bits per heavy atom. The van der Waals surface area contributed by atoms with E-state index in [1.807, 2.05) is 36.4 Å². The largest absolute Gasteiger partial charge is 0.395 e. The third-order valence-electron chi connectivity index (χ3n) is 3.84. The molecule has 0 spiro atoms. The van der Waals surface area contributed by atoms with E-state index in [1.54, 1.807) is 18.2 Å². The summed E-state index contributed by atoms with van der Waals surface area (Å²) in [5.74, 6) is -0.309. The number of nitrogens with one attached hydrogen (secondary N) is 1. The number of rotatable bonds is 5. The zero-order valence-corrected chi connectivity index (χ0v) is 13.1. The van der Waals surface area contributed by atoms with Crippen molar-refractivity contribution in [2.45, 2.75) is 6.54 Å². The maximum atomic E-state index is 12.8. The molecule has 0 unspecified atom stereocenters. The minimum absolute atomic E-state index is 0.142. The van der Waals surface area contributed by atoms with E-state index in [0.29, 0.717) is 17.4 Å². The first kappa shape index (κ1) is 16.0. The minimum atomic E-state index is -0.309. The van der Waals surface area contributed by atoms with Crippen molar-refractivity contribution >= 4 is 16.8 Å². The third kappa shape index (κ3) is 3.36. The van der Waals surface area contributed by atoms with Gasteiger partial charge in [-0.05, 0) is 17.7 Å². The molecule has 3 aromatic rings. The second kappa shape index (κ2) is 7.10. The van der Waals surface area contributed by atoms with Crippen LogP contribution in [0.3, 0.4) is 0 Å². The summed E-state index contributed by atoms with van der Waals surface area (Å²) in [5, 5.41) is 9.82. The van der Waals surface area contributed by atoms with Crippen LogP contribution in [0.4, 0.5) is 0 Å². The fourth-order valence-corrected chi connectivity index (χ4v) is 2.66. The molecule has 0 aliphatic heterocycles. The van der Waals surface area contributed by atoms with Gasteiger partial charge in [0.1, 0.15) is 5.69 Å². The maximum Gasteiger partial charge on any atom is 0.270 e. The Hall–Kier alpha value is -2.92. The molecule has 122 valence electrons. The van der Waals surface area contributed by atoms with Gasteiger partial charge in [-0.3, -0.25) is 9.59 Å². The van der Waals surface area contributed by atoms with E-state index in [1.165, 1.54) is 11.0 Å². The van der Waals surface area contributed by atoms with Gasteiger partial charge in [-0.2, -0.15) is 0 Å². The summed E-state index contributed by atoms with van der Waals surface area (Å²) >= 11 is 0. The molecule has 5 heteroatoms. The van der Waals surface area contributed by atoms with E-state index in [4.69, 9.17) is 0 Å². The second-order valence-corrected chi connectivity index (χ2v) is 5.53. The van der Waals surface area contributed by atoms with E-state index in [0.717, 1.165) is 5.56 Å². The number of aliphatic hydroxyl groups excluding tert-OH is 1. The number of fused-ring (bicyclic) bond motifs is 1. The SMILES string of the molecule is O=C(c1cc(=O)c2ccccc2[nH]1)N(CCO)Cc1ccccc1. The molecular formula is C19H18N2O3. The van der Waals surface area contributed by atoms with Crippen molar-refractivity contribution in [3.05, 3.63) is 82.1 Å². The third-order valence-corrected chi connectivity index (χ3v) is 3.84. The van der Waals surface area contributed by atoms with Gasteiger partial charge in [0.25, 0.3) is 5.91 Å². The number of hydrogen-bond acceptors (Lipinski definition) is 3. The van der Waals surface area contributed by atoms with Gasteiger partial charge < -0.3 is 15.0 Å². The Kier molecular flexibility index (Phi) is 4.72. The number of hydrogen-bond donors (Lipinski definition) is 2. The van der Waals surface area contributed by atoms with E-state index < -0.39 is 0 Å². The lowest BCUT2D eigenvalue weighted by Gasteiger charge is -2.22. The van der Waals surface area contributed by atoms with E-state index in [-0.39, 0.29) is 30.2 Å². The molecule has 0 saturated carbocycles. The topological polar surface area (TPSA) is 73.4 Å². The van der Waals surface area contributed by atoms with Gasteiger partial charge in [0.15, 0.2) is 5.43 Å². The van der Waals surface area contributed by atoms with Crippen molar-refractivity contribution in [2.24, 2.45) is 0 Å². The highest BCUT2D eigenvalue weighted by molar-refractivity contribution is 5.94. The highest BCUT2D eigenvalue weighted by atomic mass is 16.3. The van der Waals surface area contributed by atoms with Crippen molar-refractivity contribution in [3.8, 4) is 0 Å². The molecule has 0 bridgehead atoms. The first-order valence-electron chi connectivity index (χ1n) is 7.75. The Morgan fingerprint density at radius 3 is 2.50 bits per heavy atom. The number of aliphatic hydroxyl groups is 1. The van der Waals surface area contributed by atoms with Crippen molar-refractivity contribution < 1.29 is 9.90 Å². The number of benzene rings is 2. The molecule has 2 N–H and O–H groups in total. The average molecular weight is 322 g/mol. The summed E-state index contributed by atoms with van der Waals surface area (Å²) in [6.07, 6.45) is 0. The highest BCUT2D eigenvalue weighted by Crippen LogP contribution is 2.11. The molecule has 0 atom stereocenters. The molecule has 24 heavy (non-hydrogen) atoms. The number of amides is 1. The number of aromatic amines is 1. The van der Waals surface area contributed by atoms with Crippen molar-refractivity contribution in [2.75, 3.05) is 13.2 Å². The molecular weight excluding hydrogens is 304 g/mol. The number of carbonyl (C=O) groups excluding carboxylic acids is 1. The Morgan fingerprint density at radius 2 is 1.75 bits per heavy atom. The molecule has 1 heterocycles. The first-order valence-corrected chi connectivity index (χ1v) is 7.75. The van der Waals surface area contributed by atoms with Gasteiger partial charge >= 0.3 is 0 Å². The van der Waals surface area contributed by atoms with Gasteiger partial charge in [0, 0.05) is 30.1 Å². The van der Waals surface area contributed by atoms with Gasteiger partial charge in [-0.25, -0.2) is 0 Å². The number of carbonyl (C=O) groups is 1. The van der Waals surface area contributed by atoms with Crippen LogP contribution in [-0.4, -0.2) is 34.0 Å². The molecule has 1 aromatic heterocycles. The smallest absolute Gasteiger partial charge is 0.270 e. The lowest BCUT2D eigenvalue weighted by molar-refractivity contribution is 0.0702. The lowest BCUT2D eigenvalue weighted by Crippen LogP contribution is -2.34.